The number of hydrogen-bond donors (Lipinski definition) is 1. The quantitative estimate of drug-likeness (QED) is 0.900. The zero-order valence-electron chi connectivity index (χ0n) is 12.5. The molecule has 0 bridgehead atoms. The maximum absolute atomic E-state index is 10.3. The molecule has 1 N–H and O–H groups in total. The zero-order chi connectivity index (χ0) is 14.6. The maximum Gasteiger partial charge on any atom is 0.161 e. The van der Waals surface area contributed by atoms with Crippen LogP contribution in [0.1, 0.15) is 44.8 Å². The van der Waals surface area contributed by atoms with E-state index in [0.717, 1.165) is 29.9 Å². The van der Waals surface area contributed by atoms with Crippen LogP contribution in [-0.4, -0.2) is 31.0 Å². The van der Waals surface area contributed by atoms with Crippen LogP contribution in [0.2, 0.25) is 0 Å². The molecule has 0 amide bonds. The zero-order valence-corrected chi connectivity index (χ0v) is 12.5. The predicted octanol–water partition coefficient (Wildman–Crippen LogP) is 3.09. The summed E-state index contributed by atoms with van der Waals surface area (Å²) < 4.78 is 16.6. The Morgan fingerprint density at radius 3 is 2.65 bits per heavy atom. The van der Waals surface area contributed by atoms with E-state index in [9.17, 15) is 5.11 Å². The van der Waals surface area contributed by atoms with Gasteiger partial charge in [0.2, 0.25) is 0 Å². The van der Waals surface area contributed by atoms with Crippen LogP contribution in [0, 0.1) is 0 Å². The lowest BCUT2D eigenvalue weighted by Gasteiger charge is -2.24. The summed E-state index contributed by atoms with van der Waals surface area (Å²) in [6.07, 6.45) is 1.82. The average Bonchev–Trinajstić information content (AvgIpc) is 2.69. The van der Waals surface area contributed by atoms with Gasteiger partial charge in [-0.3, -0.25) is 0 Å². The lowest BCUT2D eigenvalue weighted by molar-refractivity contribution is 0.00277. The van der Waals surface area contributed by atoms with Crippen molar-refractivity contribution >= 4 is 0 Å². The van der Waals surface area contributed by atoms with Gasteiger partial charge in [0.25, 0.3) is 0 Å². The largest absolute Gasteiger partial charge is 0.490 e. The second-order valence-electron chi connectivity index (χ2n) is 5.77. The monoisotopic (exact) mass is 280 g/mol. The van der Waals surface area contributed by atoms with Gasteiger partial charge >= 0.3 is 0 Å². The fourth-order valence-electron chi connectivity index (χ4n) is 2.14. The van der Waals surface area contributed by atoms with Crippen LogP contribution in [0.4, 0.5) is 0 Å². The Labute approximate surface area is 120 Å². The van der Waals surface area contributed by atoms with Crippen molar-refractivity contribution in [2.75, 3.05) is 20.3 Å². The van der Waals surface area contributed by atoms with Gasteiger partial charge in [-0.1, -0.05) is 6.07 Å². The molecule has 1 atom stereocenters. The van der Waals surface area contributed by atoms with Crippen molar-refractivity contribution in [1.82, 2.24) is 0 Å². The minimum Gasteiger partial charge on any atom is -0.490 e. The van der Waals surface area contributed by atoms with E-state index in [0.29, 0.717) is 19.6 Å². The van der Waals surface area contributed by atoms with E-state index in [1.54, 1.807) is 7.11 Å². The molecule has 0 fully saturated rings. The Balaban J connectivity index is 2.03. The average molecular weight is 280 g/mol. The Morgan fingerprint density at radius 1 is 1.25 bits per heavy atom. The Morgan fingerprint density at radius 2 is 1.95 bits per heavy atom. The summed E-state index contributed by atoms with van der Waals surface area (Å²) in [5, 5.41) is 10.3. The number of hydrogen-bond acceptors (Lipinski definition) is 4. The molecule has 2 rings (SSSR count). The van der Waals surface area contributed by atoms with E-state index in [1.165, 1.54) is 0 Å². The molecular formula is C16H24O4. The highest BCUT2D eigenvalue weighted by Gasteiger charge is 2.20. The van der Waals surface area contributed by atoms with Crippen LogP contribution in [0.15, 0.2) is 18.2 Å². The van der Waals surface area contributed by atoms with Gasteiger partial charge in [0.05, 0.1) is 24.9 Å². The molecule has 1 aliphatic heterocycles. The summed E-state index contributed by atoms with van der Waals surface area (Å²) in [7, 11) is 1.69. The molecule has 0 aliphatic carbocycles. The fourth-order valence-corrected chi connectivity index (χ4v) is 2.14. The summed E-state index contributed by atoms with van der Waals surface area (Å²) in [6.45, 7) is 5.38. The van der Waals surface area contributed by atoms with Crippen molar-refractivity contribution in [1.29, 1.82) is 0 Å². The molecule has 1 aromatic carbocycles. The van der Waals surface area contributed by atoms with Crippen LogP contribution in [-0.2, 0) is 4.74 Å². The summed E-state index contributed by atoms with van der Waals surface area (Å²) >= 11 is 0. The van der Waals surface area contributed by atoms with Gasteiger partial charge in [0.15, 0.2) is 11.5 Å². The van der Waals surface area contributed by atoms with Gasteiger partial charge in [-0.25, -0.2) is 0 Å². The van der Waals surface area contributed by atoms with E-state index >= 15 is 0 Å². The second-order valence-corrected chi connectivity index (χ2v) is 5.77. The first kappa shape index (κ1) is 15.1. The molecule has 0 aromatic heterocycles. The van der Waals surface area contributed by atoms with Crippen molar-refractivity contribution in [3.63, 3.8) is 0 Å². The van der Waals surface area contributed by atoms with Gasteiger partial charge in [-0.05, 0) is 44.4 Å². The van der Waals surface area contributed by atoms with Crippen LogP contribution in [0.25, 0.3) is 0 Å². The molecule has 4 heteroatoms. The second kappa shape index (κ2) is 6.46. The minimum absolute atomic E-state index is 0.216. The first-order valence-electron chi connectivity index (χ1n) is 7.14. The van der Waals surface area contributed by atoms with Crippen molar-refractivity contribution in [3.05, 3.63) is 23.8 Å². The highest BCUT2D eigenvalue weighted by molar-refractivity contribution is 5.44. The summed E-state index contributed by atoms with van der Waals surface area (Å²) in [5.74, 6) is 1.49. The van der Waals surface area contributed by atoms with Gasteiger partial charge in [0, 0.05) is 13.5 Å². The number of ether oxygens (including phenoxy) is 3. The standard InChI is InChI=1S/C16H24O4/c1-16(2,18-3)8-7-13(17)12-5-6-14-15(11-12)20-10-4-9-19-14/h5-6,11,13,17H,4,7-10H2,1-3H3. The molecule has 1 aliphatic rings. The molecule has 0 saturated carbocycles. The van der Waals surface area contributed by atoms with Crippen LogP contribution in [0.5, 0.6) is 11.5 Å². The van der Waals surface area contributed by atoms with E-state index in [1.807, 2.05) is 32.0 Å². The highest BCUT2D eigenvalue weighted by atomic mass is 16.5. The molecular weight excluding hydrogens is 256 g/mol. The lowest BCUT2D eigenvalue weighted by Crippen LogP contribution is -2.23. The molecule has 112 valence electrons. The number of aliphatic hydroxyl groups is 1. The smallest absolute Gasteiger partial charge is 0.161 e. The Kier molecular flexibility index (Phi) is 4.89. The van der Waals surface area contributed by atoms with Crippen molar-refractivity contribution in [3.8, 4) is 11.5 Å². The lowest BCUT2D eigenvalue weighted by atomic mass is 9.96. The molecule has 0 saturated heterocycles. The fraction of sp³-hybridized carbons (Fsp3) is 0.625. The predicted molar refractivity (Wildman–Crippen MR) is 77.3 cm³/mol. The third-order valence-corrected chi connectivity index (χ3v) is 3.73. The molecule has 20 heavy (non-hydrogen) atoms. The topological polar surface area (TPSA) is 47.9 Å². The number of rotatable bonds is 5. The van der Waals surface area contributed by atoms with Crippen LogP contribution >= 0.6 is 0 Å². The molecule has 0 radical (unpaired) electrons. The molecule has 1 unspecified atom stereocenters. The first-order valence-corrected chi connectivity index (χ1v) is 7.14. The number of aliphatic hydroxyl groups excluding tert-OH is 1. The van der Waals surface area contributed by atoms with Gasteiger partial charge in [0.1, 0.15) is 0 Å². The normalized spacial score (nSPS) is 16.6. The van der Waals surface area contributed by atoms with E-state index in [2.05, 4.69) is 0 Å². The third-order valence-electron chi connectivity index (χ3n) is 3.73. The van der Waals surface area contributed by atoms with Crippen molar-refractivity contribution in [2.24, 2.45) is 0 Å². The Bertz CT molecular complexity index is 442. The molecule has 4 nitrogen and oxygen atoms in total. The minimum atomic E-state index is -0.512. The summed E-state index contributed by atoms with van der Waals surface area (Å²) in [6, 6.07) is 5.66. The van der Waals surface area contributed by atoms with Crippen LogP contribution in [0.3, 0.4) is 0 Å². The number of benzene rings is 1. The first-order chi connectivity index (χ1) is 9.52. The maximum atomic E-state index is 10.3. The summed E-state index contributed by atoms with van der Waals surface area (Å²) in [4.78, 5) is 0. The Hall–Kier alpha value is -1.26. The van der Waals surface area contributed by atoms with Gasteiger partial charge in [-0.2, -0.15) is 0 Å². The third kappa shape index (κ3) is 3.87. The van der Waals surface area contributed by atoms with E-state index < -0.39 is 6.10 Å². The van der Waals surface area contributed by atoms with E-state index in [4.69, 9.17) is 14.2 Å². The molecule has 1 aromatic rings. The number of fused-ring (bicyclic) bond motifs is 1. The van der Waals surface area contributed by atoms with Crippen molar-refractivity contribution < 1.29 is 19.3 Å². The van der Waals surface area contributed by atoms with Crippen molar-refractivity contribution in [2.45, 2.75) is 44.8 Å². The van der Waals surface area contributed by atoms with Gasteiger partial charge in [-0.15, -0.1) is 0 Å². The highest BCUT2D eigenvalue weighted by Crippen LogP contribution is 2.34. The molecule has 0 spiro atoms. The molecule has 1 heterocycles. The summed E-state index contributed by atoms with van der Waals surface area (Å²) in [5.41, 5.74) is 0.646. The van der Waals surface area contributed by atoms with E-state index in [-0.39, 0.29) is 5.60 Å². The number of methoxy groups -OCH3 is 1. The van der Waals surface area contributed by atoms with Crippen LogP contribution < -0.4 is 9.47 Å². The SMILES string of the molecule is COC(C)(C)CCC(O)c1ccc2c(c1)OCCCO2. The van der Waals surface area contributed by atoms with Gasteiger partial charge < -0.3 is 19.3 Å².